The van der Waals surface area contributed by atoms with Gasteiger partial charge in [0.05, 0.1) is 12.6 Å². The van der Waals surface area contributed by atoms with Crippen LogP contribution in [0.3, 0.4) is 0 Å². The number of hydrogen-bond donors (Lipinski definition) is 1. The highest BCUT2D eigenvalue weighted by molar-refractivity contribution is 5.24. The maximum absolute atomic E-state index is 5.78. The van der Waals surface area contributed by atoms with Gasteiger partial charge in [-0.15, -0.1) is 5.10 Å². The van der Waals surface area contributed by atoms with Crippen LogP contribution in [0.4, 0.5) is 6.01 Å². The minimum Gasteiger partial charge on any atom is -0.406 e. The second-order valence-corrected chi connectivity index (χ2v) is 4.92. The highest BCUT2D eigenvalue weighted by atomic mass is 16.5. The van der Waals surface area contributed by atoms with Gasteiger partial charge >= 0.3 is 6.01 Å². The van der Waals surface area contributed by atoms with Crippen molar-refractivity contribution in [2.75, 3.05) is 52.0 Å². The minimum atomic E-state index is 0.0643. The maximum atomic E-state index is 5.78. The van der Waals surface area contributed by atoms with E-state index >= 15 is 0 Å². The first-order valence-electron chi connectivity index (χ1n) is 7.52. The molecule has 7 heteroatoms. The van der Waals surface area contributed by atoms with Gasteiger partial charge in [-0.25, -0.2) is 0 Å². The number of nitrogens with zero attached hydrogens (tertiary/aromatic N) is 3. The number of aromatic nitrogens is 2. The summed E-state index contributed by atoms with van der Waals surface area (Å²) in [6.45, 7) is 7.93. The number of methoxy groups -OCH3 is 2. The zero-order valence-corrected chi connectivity index (χ0v) is 13.6. The third-order valence-corrected chi connectivity index (χ3v) is 3.11. The van der Waals surface area contributed by atoms with Crippen LogP contribution in [0.25, 0.3) is 0 Å². The van der Waals surface area contributed by atoms with E-state index in [1.54, 1.807) is 14.2 Å². The van der Waals surface area contributed by atoms with Gasteiger partial charge in [-0.3, -0.25) is 0 Å². The summed E-state index contributed by atoms with van der Waals surface area (Å²) in [5.74, 6) is 0.618. The summed E-state index contributed by atoms with van der Waals surface area (Å²) in [6, 6.07) is 0.609. The van der Waals surface area contributed by atoms with E-state index in [0.29, 0.717) is 25.1 Å². The van der Waals surface area contributed by atoms with Gasteiger partial charge in [0.2, 0.25) is 5.89 Å². The molecular weight excluding hydrogens is 272 g/mol. The highest BCUT2D eigenvalue weighted by Gasteiger charge is 2.17. The second kappa shape index (κ2) is 10.5. The van der Waals surface area contributed by atoms with Gasteiger partial charge in [0, 0.05) is 33.9 Å². The summed E-state index contributed by atoms with van der Waals surface area (Å²) in [5, 5.41) is 11.6. The van der Waals surface area contributed by atoms with E-state index in [-0.39, 0.29) is 6.04 Å². The fraction of sp³-hybridized carbons (Fsp3) is 0.857. The van der Waals surface area contributed by atoms with Gasteiger partial charge in [0.1, 0.15) is 0 Å². The van der Waals surface area contributed by atoms with Crippen molar-refractivity contribution in [1.82, 2.24) is 15.5 Å². The molecule has 0 fully saturated rings. The van der Waals surface area contributed by atoms with E-state index in [0.717, 1.165) is 32.5 Å². The van der Waals surface area contributed by atoms with Crippen molar-refractivity contribution in [3.8, 4) is 0 Å². The molecule has 0 saturated heterocycles. The van der Waals surface area contributed by atoms with E-state index in [4.69, 9.17) is 13.9 Å². The molecule has 0 spiro atoms. The van der Waals surface area contributed by atoms with Crippen LogP contribution in [0.2, 0.25) is 0 Å². The molecule has 1 rings (SSSR count). The van der Waals surface area contributed by atoms with E-state index in [1.807, 2.05) is 11.8 Å². The number of anilines is 1. The van der Waals surface area contributed by atoms with Crippen LogP contribution in [0.5, 0.6) is 0 Å². The lowest BCUT2D eigenvalue weighted by Crippen LogP contribution is -2.29. The van der Waals surface area contributed by atoms with Crippen LogP contribution >= 0.6 is 0 Å². The first-order chi connectivity index (χ1) is 10.2. The molecule has 1 aromatic heterocycles. The fourth-order valence-corrected chi connectivity index (χ4v) is 1.88. The molecule has 21 heavy (non-hydrogen) atoms. The summed E-state index contributed by atoms with van der Waals surface area (Å²) < 4.78 is 16.0. The average Bonchev–Trinajstić information content (AvgIpc) is 2.98. The zero-order valence-electron chi connectivity index (χ0n) is 13.6. The number of nitrogens with one attached hydrogen (secondary N) is 1. The van der Waals surface area contributed by atoms with E-state index in [1.165, 1.54) is 0 Å². The molecule has 0 amide bonds. The summed E-state index contributed by atoms with van der Waals surface area (Å²) in [6.07, 6.45) is 1.98. The average molecular weight is 300 g/mol. The van der Waals surface area contributed by atoms with E-state index in [9.17, 15) is 0 Å². The molecule has 1 unspecified atom stereocenters. The predicted molar refractivity (Wildman–Crippen MR) is 81.6 cm³/mol. The molecule has 0 bridgehead atoms. The standard InChI is InChI=1S/C14H28N4O3/c1-5-7-15-12(2)13-16-17-14(21-13)18(9-11-20-4)8-6-10-19-3/h12,15H,5-11H2,1-4H3. The Kier molecular flexibility index (Phi) is 8.96. The Bertz CT molecular complexity index is 373. The number of rotatable bonds is 12. The first kappa shape index (κ1) is 17.9. The van der Waals surface area contributed by atoms with Crippen molar-refractivity contribution in [3.63, 3.8) is 0 Å². The van der Waals surface area contributed by atoms with Gasteiger partial charge in [-0.2, -0.15) is 0 Å². The molecule has 0 radical (unpaired) electrons. The van der Waals surface area contributed by atoms with Gasteiger partial charge in [0.15, 0.2) is 0 Å². The van der Waals surface area contributed by atoms with Crippen LogP contribution in [0.1, 0.15) is 38.6 Å². The third-order valence-electron chi connectivity index (χ3n) is 3.11. The maximum Gasteiger partial charge on any atom is 0.318 e. The van der Waals surface area contributed by atoms with E-state index in [2.05, 4.69) is 22.4 Å². The number of ether oxygens (including phenoxy) is 2. The van der Waals surface area contributed by atoms with Crippen LogP contribution < -0.4 is 10.2 Å². The Morgan fingerprint density at radius 2 is 1.95 bits per heavy atom. The smallest absolute Gasteiger partial charge is 0.318 e. The van der Waals surface area contributed by atoms with Crippen LogP contribution in [-0.4, -0.2) is 57.3 Å². The topological polar surface area (TPSA) is 72.7 Å². The lowest BCUT2D eigenvalue weighted by molar-refractivity contribution is 0.189. The van der Waals surface area contributed by atoms with Crippen molar-refractivity contribution in [2.24, 2.45) is 0 Å². The Hall–Kier alpha value is -1.18. The molecule has 0 saturated carbocycles. The Balaban J connectivity index is 2.61. The van der Waals surface area contributed by atoms with Crippen molar-refractivity contribution in [1.29, 1.82) is 0 Å². The van der Waals surface area contributed by atoms with Crippen LogP contribution in [0.15, 0.2) is 4.42 Å². The normalized spacial score (nSPS) is 12.6. The molecule has 1 heterocycles. The molecular formula is C14H28N4O3. The fourth-order valence-electron chi connectivity index (χ4n) is 1.88. The molecule has 122 valence electrons. The van der Waals surface area contributed by atoms with Crippen molar-refractivity contribution in [3.05, 3.63) is 5.89 Å². The zero-order chi connectivity index (χ0) is 15.5. The monoisotopic (exact) mass is 300 g/mol. The summed E-state index contributed by atoms with van der Waals surface area (Å²) in [7, 11) is 3.38. The largest absolute Gasteiger partial charge is 0.406 e. The minimum absolute atomic E-state index is 0.0643. The molecule has 0 aliphatic heterocycles. The lowest BCUT2D eigenvalue weighted by Gasteiger charge is -2.19. The molecule has 0 aliphatic carbocycles. The first-order valence-corrected chi connectivity index (χ1v) is 7.52. The Morgan fingerprint density at radius 3 is 2.62 bits per heavy atom. The Morgan fingerprint density at radius 1 is 1.19 bits per heavy atom. The summed E-state index contributed by atoms with van der Waals surface area (Å²) in [5.41, 5.74) is 0. The lowest BCUT2D eigenvalue weighted by atomic mass is 10.3. The third kappa shape index (κ3) is 6.41. The van der Waals surface area contributed by atoms with Gasteiger partial charge in [0.25, 0.3) is 0 Å². The summed E-state index contributed by atoms with van der Waals surface area (Å²) >= 11 is 0. The predicted octanol–water partition coefficient (Wildman–Crippen LogP) is 1.62. The van der Waals surface area contributed by atoms with Gasteiger partial charge < -0.3 is 24.1 Å². The molecule has 1 N–H and O–H groups in total. The van der Waals surface area contributed by atoms with Crippen molar-refractivity contribution < 1.29 is 13.9 Å². The molecule has 7 nitrogen and oxygen atoms in total. The van der Waals surface area contributed by atoms with Crippen LogP contribution in [-0.2, 0) is 9.47 Å². The van der Waals surface area contributed by atoms with Gasteiger partial charge in [-0.1, -0.05) is 12.0 Å². The summed E-state index contributed by atoms with van der Waals surface area (Å²) in [4.78, 5) is 2.03. The Labute approximate surface area is 127 Å². The molecule has 0 aliphatic rings. The van der Waals surface area contributed by atoms with Gasteiger partial charge in [-0.05, 0) is 26.3 Å². The molecule has 1 aromatic rings. The van der Waals surface area contributed by atoms with Crippen molar-refractivity contribution >= 4 is 6.01 Å². The van der Waals surface area contributed by atoms with Crippen LogP contribution in [0, 0.1) is 0 Å². The quantitative estimate of drug-likeness (QED) is 0.588. The SMILES string of the molecule is CCCNC(C)c1nnc(N(CCCOC)CCOC)o1. The molecule has 1 atom stereocenters. The highest BCUT2D eigenvalue weighted by Crippen LogP contribution is 2.17. The number of hydrogen-bond acceptors (Lipinski definition) is 7. The van der Waals surface area contributed by atoms with E-state index < -0.39 is 0 Å². The second-order valence-electron chi connectivity index (χ2n) is 4.92. The van der Waals surface area contributed by atoms with Crippen molar-refractivity contribution in [2.45, 2.75) is 32.7 Å². The molecule has 0 aromatic carbocycles.